The summed E-state index contributed by atoms with van der Waals surface area (Å²) in [5.74, 6) is -0.307. The fourth-order valence-corrected chi connectivity index (χ4v) is 2.41. The zero-order valence-corrected chi connectivity index (χ0v) is 11.4. The van der Waals surface area contributed by atoms with Gasteiger partial charge in [0.2, 0.25) is 0 Å². The van der Waals surface area contributed by atoms with Gasteiger partial charge in [0.25, 0.3) is 0 Å². The molecule has 0 spiro atoms. The Morgan fingerprint density at radius 3 is 2.83 bits per heavy atom. The van der Waals surface area contributed by atoms with E-state index in [0.717, 1.165) is 0 Å². The maximum Gasteiger partial charge on any atom is 0.310 e. The number of carbonyl (C=O) groups is 1. The van der Waals surface area contributed by atoms with Gasteiger partial charge in [0.15, 0.2) is 0 Å². The minimum absolute atomic E-state index is 0.0583. The van der Waals surface area contributed by atoms with Crippen molar-refractivity contribution < 1.29 is 18.7 Å². The van der Waals surface area contributed by atoms with Crippen molar-refractivity contribution in [2.75, 3.05) is 14.2 Å². The van der Waals surface area contributed by atoms with E-state index in [2.05, 4.69) is 25.7 Å². The summed E-state index contributed by atoms with van der Waals surface area (Å²) in [6.45, 7) is 0. The Balaban J connectivity index is 2.65. The first kappa shape index (κ1) is 12.9. The van der Waals surface area contributed by atoms with Crippen LogP contribution < -0.4 is 4.74 Å². The summed E-state index contributed by atoms with van der Waals surface area (Å²) in [5, 5.41) is 0.551. The molecule has 1 aromatic heterocycles. The Hall–Kier alpha value is -1.56. The van der Waals surface area contributed by atoms with Gasteiger partial charge in [0.05, 0.1) is 30.6 Å². The van der Waals surface area contributed by atoms with Gasteiger partial charge in [-0.05, 0) is 27.6 Å². The van der Waals surface area contributed by atoms with Crippen LogP contribution in [0, 0.1) is 5.82 Å². The molecule has 0 atom stereocenters. The molecule has 1 N–H and O–H groups in total. The number of fused-ring (bicyclic) bond motifs is 1. The van der Waals surface area contributed by atoms with Gasteiger partial charge in [-0.3, -0.25) is 4.79 Å². The highest BCUT2D eigenvalue weighted by atomic mass is 79.9. The Bertz CT molecular complexity index is 609. The molecular weight excluding hydrogens is 305 g/mol. The number of carbonyl (C=O) groups excluding carboxylic acids is 1. The van der Waals surface area contributed by atoms with Crippen LogP contribution in [0.5, 0.6) is 5.75 Å². The van der Waals surface area contributed by atoms with Crippen molar-refractivity contribution in [2.45, 2.75) is 6.42 Å². The number of nitrogens with one attached hydrogen (secondary N) is 1. The maximum absolute atomic E-state index is 13.8. The third-order valence-electron chi connectivity index (χ3n) is 2.66. The van der Waals surface area contributed by atoms with Crippen LogP contribution in [-0.2, 0) is 16.0 Å². The fourth-order valence-electron chi connectivity index (χ4n) is 1.85. The normalized spacial score (nSPS) is 10.7. The van der Waals surface area contributed by atoms with Crippen molar-refractivity contribution in [3.63, 3.8) is 0 Å². The highest BCUT2D eigenvalue weighted by molar-refractivity contribution is 9.10. The highest BCUT2D eigenvalue weighted by Crippen LogP contribution is 2.37. The molecule has 0 aliphatic carbocycles. The van der Waals surface area contributed by atoms with Crippen LogP contribution in [-0.4, -0.2) is 25.2 Å². The monoisotopic (exact) mass is 315 g/mol. The SMILES string of the molecule is COC(=O)Cc1c[nH]c2c(F)cc(Br)c(OC)c12. The fraction of sp³-hybridized carbons (Fsp3) is 0.250. The van der Waals surface area contributed by atoms with Gasteiger partial charge < -0.3 is 14.5 Å². The topological polar surface area (TPSA) is 51.3 Å². The number of methoxy groups -OCH3 is 2. The van der Waals surface area contributed by atoms with E-state index in [9.17, 15) is 9.18 Å². The van der Waals surface area contributed by atoms with Gasteiger partial charge in [0.1, 0.15) is 11.6 Å². The predicted molar refractivity (Wildman–Crippen MR) is 68.2 cm³/mol. The van der Waals surface area contributed by atoms with Crippen molar-refractivity contribution in [3.05, 3.63) is 28.1 Å². The molecule has 0 saturated carbocycles. The summed E-state index contributed by atoms with van der Waals surface area (Å²) in [7, 11) is 2.80. The molecule has 0 unspecified atom stereocenters. The number of hydrogen-bond donors (Lipinski definition) is 1. The second kappa shape index (κ2) is 4.97. The van der Waals surface area contributed by atoms with Gasteiger partial charge in [-0.15, -0.1) is 0 Å². The Morgan fingerprint density at radius 2 is 2.22 bits per heavy atom. The second-order valence-corrected chi connectivity index (χ2v) is 4.54. The molecule has 0 bridgehead atoms. The van der Waals surface area contributed by atoms with Crippen molar-refractivity contribution in [3.8, 4) is 5.75 Å². The molecule has 0 radical (unpaired) electrons. The van der Waals surface area contributed by atoms with E-state index in [4.69, 9.17) is 4.74 Å². The number of esters is 1. The van der Waals surface area contributed by atoms with Gasteiger partial charge in [0, 0.05) is 11.6 Å². The standard InChI is InChI=1S/C12H11BrFNO3/c1-17-9(16)3-6-5-15-11-8(14)4-7(13)12(18-2)10(6)11/h4-5,15H,3H2,1-2H3. The van der Waals surface area contributed by atoms with E-state index in [-0.39, 0.29) is 6.42 Å². The third-order valence-corrected chi connectivity index (χ3v) is 3.25. The molecule has 6 heteroatoms. The summed E-state index contributed by atoms with van der Waals surface area (Å²) in [6.07, 6.45) is 1.64. The third kappa shape index (κ3) is 2.08. The van der Waals surface area contributed by atoms with E-state index in [1.165, 1.54) is 20.3 Å². The van der Waals surface area contributed by atoms with Gasteiger partial charge in [-0.2, -0.15) is 0 Å². The second-order valence-electron chi connectivity index (χ2n) is 3.69. The number of H-pyrrole nitrogens is 1. The van der Waals surface area contributed by atoms with Crippen LogP contribution in [0.2, 0.25) is 0 Å². The molecule has 0 fully saturated rings. The van der Waals surface area contributed by atoms with E-state index >= 15 is 0 Å². The maximum atomic E-state index is 13.8. The number of aromatic nitrogens is 1. The van der Waals surface area contributed by atoms with Crippen molar-refractivity contribution in [1.29, 1.82) is 0 Å². The van der Waals surface area contributed by atoms with Gasteiger partial charge >= 0.3 is 5.97 Å². The van der Waals surface area contributed by atoms with Crippen LogP contribution in [0.15, 0.2) is 16.7 Å². The minimum atomic E-state index is -0.409. The van der Waals surface area contributed by atoms with Crippen LogP contribution >= 0.6 is 15.9 Å². The number of aromatic amines is 1. The summed E-state index contributed by atoms with van der Waals surface area (Å²) >= 11 is 3.24. The molecular formula is C12H11BrFNO3. The van der Waals surface area contributed by atoms with E-state index in [0.29, 0.717) is 26.7 Å². The zero-order valence-electron chi connectivity index (χ0n) is 9.84. The molecule has 2 rings (SSSR count). The van der Waals surface area contributed by atoms with E-state index in [1.807, 2.05) is 0 Å². The lowest BCUT2D eigenvalue weighted by atomic mass is 10.1. The lowest BCUT2D eigenvalue weighted by molar-refractivity contribution is -0.139. The molecule has 1 heterocycles. The van der Waals surface area contributed by atoms with Crippen molar-refractivity contribution in [1.82, 2.24) is 4.98 Å². The number of hydrogen-bond acceptors (Lipinski definition) is 3. The first-order valence-corrected chi connectivity index (χ1v) is 5.96. The molecule has 96 valence electrons. The van der Waals surface area contributed by atoms with Crippen LogP contribution in [0.3, 0.4) is 0 Å². The first-order chi connectivity index (χ1) is 8.58. The smallest absolute Gasteiger partial charge is 0.310 e. The molecule has 18 heavy (non-hydrogen) atoms. The van der Waals surface area contributed by atoms with Crippen LogP contribution in [0.25, 0.3) is 10.9 Å². The summed E-state index contributed by atoms with van der Waals surface area (Å²) in [6, 6.07) is 1.32. The Kier molecular flexibility index (Phi) is 3.56. The summed E-state index contributed by atoms with van der Waals surface area (Å²) in [5.41, 5.74) is 0.947. The number of rotatable bonds is 3. The summed E-state index contributed by atoms with van der Waals surface area (Å²) < 4.78 is 24.1. The molecule has 0 amide bonds. The molecule has 1 aromatic carbocycles. The highest BCUT2D eigenvalue weighted by Gasteiger charge is 2.18. The molecule has 0 aliphatic rings. The molecule has 0 saturated heterocycles. The summed E-state index contributed by atoms with van der Waals surface area (Å²) in [4.78, 5) is 14.1. The Morgan fingerprint density at radius 1 is 1.50 bits per heavy atom. The molecule has 4 nitrogen and oxygen atoms in total. The van der Waals surface area contributed by atoms with Gasteiger partial charge in [-0.25, -0.2) is 4.39 Å². The van der Waals surface area contributed by atoms with Crippen molar-refractivity contribution in [2.24, 2.45) is 0 Å². The average molecular weight is 316 g/mol. The van der Waals surface area contributed by atoms with Crippen LogP contribution in [0.1, 0.15) is 5.56 Å². The van der Waals surface area contributed by atoms with Crippen molar-refractivity contribution >= 4 is 32.8 Å². The van der Waals surface area contributed by atoms with Crippen LogP contribution in [0.4, 0.5) is 4.39 Å². The predicted octanol–water partition coefficient (Wildman–Crippen LogP) is 2.79. The first-order valence-electron chi connectivity index (χ1n) is 5.17. The lowest BCUT2D eigenvalue weighted by Crippen LogP contribution is -2.04. The van der Waals surface area contributed by atoms with E-state index < -0.39 is 11.8 Å². The number of halogens is 2. The number of ether oxygens (including phenoxy) is 2. The largest absolute Gasteiger partial charge is 0.495 e. The average Bonchev–Trinajstić information content (AvgIpc) is 2.74. The minimum Gasteiger partial charge on any atom is -0.495 e. The Labute approximate surface area is 111 Å². The van der Waals surface area contributed by atoms with Gasteiger partial charge in [-0.1, -0.05) is 0 Å². The molecule has 2 aromatic rings. The zero-order chi connectivity index (χ0) is 13.3. The van der Waals surface area contributed by atoms with E-state index in [1.54, 1.807) is 6.20 Å². The number of benzene rings is 1. The quantitative estimate of drug-likeness (QED) is 0.886. The lowest BCUT2D eigenvalue weighted by Gasteiger charge is -2.07. The molecule has 0 aliphatic heterocycles.